The van der Waals surface area contributed by atoms with Gasteiger partial charge >= 0.3 is 5.97 Å². The van der Waals surface area contributed by atoms with E-state index in [1.807, 2.05) is 38.1 Å². The van der Waals surface area contributed by atoms with Crippen LogP contribution in [0.25, 0.3) is 0 Å². The fourth-order valence-corrected chi connectivity index (χ4v) is 5.79. The Morgan fingerprint density at radius 1 is 1.21 bits per heavy atom. The number of carbonyl (C=O) groups excluding carboxylic acids is 3. The van der Waals surface area contributed by atoms with Gasteiger partial charge in [0.1, 0.15) is 5.75 Å². The summed E-state index contributed by atoms with van der Waals surface area (Å²) in [6.45, 7) is 4.16. The van der Waals surface area contributed by atoms with Gasteiger partial charge in [-0.15, -0.1) is 0 Å². The standard InChI is InChI=1S/C22H25NO5/c1-13-11-22(20(26)28-4)19(25)23(12-14-5-7-15(27-3)8-6-14)17-10-9-16(24)18(13)21(17,22)2/h5-8,17H,9-12H2,1-4H3/t17-,21-,22-/m1/s1. The molecule has 4 rings (SSSR count). The van der Waals surface area contributed by atoms with Gasteiger partial charge in [0.25, 0.3) is 0 Å². The highest BCUT2D eigenvalue weighted by Crippen LogP contribution is 2.66. The van der Waals surface area contributed by atoms with E-state index in [-0.39, 0.29) is 24.2 Å². The normalized spacial score (nSPS) is 31.3. The van der Waals surface area contributed by atoms with Crippen LogP contribution >= 0.6 is 0 Å². The second-order valence-electron chi connectivity index (χ2n) is 8.19. The number of nitrogens with zero attached hydrogens (tertiary/aromatic N) is 1. The molecule has 6 heteroatoms. The van der Waals surface area contributed by atoms with Crippen molar-refractivity contribution in [1.82, 2.24) is 4.90 Å². The molecule has 0 aromatic heterocycles. The lowest BCUT2D eigenvalue weighted by Gasteiger charge is -2.42. The predicted molar refractivity (Wildman–Crippen MR) is 101 cm³/mol. The van der Waals surface area contributed by atoms with Crippen LogP contribution in [-0.2, 0) is 25.7 Å². The number of methoxy groups -OCH3 is 2. The summed E-state index contributed by atoms with van der Waals surface area (Å²) in [5.41, 5.74) is 0.286. The second-order valence-corrected chi connectivity index (χ2v) is 8.19. The predicted octanol–water partition coefficient (Wildman–Crippen LogP) is 2.65. The van der Waals surface area contributed by atoms with E-state index in [1.54, 1.807) is 12.0 Å². The Bertz CT molecular complexity index is 902. The summed E-state index contributed by atoms with van der Waals surface area (Å²) in [6, 6.07) is 7.35. The number of esters is 1. The molecule has 0 radical (unpaired) electrons. The first-order valence-electron chi connectivity index (χ1n) is 9.57. The number of ether oxygens (including phenoxy) is 2. The summed E-state index contributed by atoms with van der Waals surface area (Å²) in [7, 11) is 2.92. The lowest BCUT2D eigenvalue weighted by molar-refractivity contribution is -0.162. The van der Waals surface area contributed by atoms with E-state index in [4.69, 9.17) is 9.47 Å². The molecule has 0 N–H and O–H groups in total. The van der Waals surface area contributed by atoms with Crippen molar-refractivity contribution >= 4 is 17.7 Å². The van der Waals surface area contributed by atoms with Crippen LogP contribution in [-0.4, -0.2) is 42.8 Å². The third kappa shape index (κ3) is 2.11. The minimum atomic E-state index is -1.34. The van der Waals surface area contributed by atoms with Crippen LogP contribution in [0.1, 0.15) is 38.7 Å². The molecule has 2 fully saturated rings. The van der Waals surface area contributed by atoms with Gasteiger partial charge in [0.2, 0.25) is 5.91 Å². The summed E-state index contributed by atoms with van der Waals surface area (Å²) in [5.74, 6) is 0.0367. The number of hydrogen-bond donors (Lipinski definition) is 0. The molecular weight excluding hydrogens is 358 g/mol. The zero-order valence-corrected chi connectivity index (χ0v) is 16.7. The third-order valence-electron chi connectivity index (χ3n) is 7.00. The summed E-state index contributed by atoms with van der Waals surface area (Å²) in [6.07, 6.45) is 1.22. The van der Waals surface area contributed by atoms with Gasteiger partial charge in [-0.25, -0.2) is 0 Å². The van der Waals surface area contributed by atoms with E-state index in [0.29, 0.717) is 25.0 Å². The molecule has 1 amide bonds. The van der Waals surface area contributed by atoms with Gasteiger partial charge in [0, 0.05) is 30.0 Å². The van der Waals surface area contributed by atoms with E-state index in [9.17, 15) is 14.4 Å². The van der Waals surface area contributed by atoms with Crippen molar-refractivity contribution in [2.24, 2.45) is 10.8 Å². The largest absolute Gasteiger partial charge is 0.497 e. The minimum Gasteiger partial charge on any atom is -0.497 e. The maximum absolute atomic E-state index is 13.7. The fraction of sp³-hybridized carbons (Fsp3) is 0.500. The fourth-order valence-electron chi connectivity index (χ4n) is 5.79. The summed E-state index contributed by atoms with van der Waals surface area (Å²) < 4.78 is 10.3. The number of hydrogen-bond acceptors (Lipinski definition) is 5. The molecule has 0 spiro atoms. The van der Waals surface area contributed by atoms with Gasteiger partial charge in [-0.3, -0.25) is 14.4 Å². The second kappa shape index (κ2) is 6.19. The number of Topliss-reactive ketones (excluding diaryl/α,β-unsaturated/α-hetero) is 1. The van der Waals surface area contributed by atoms with Gasteiger partial charge < -0.3 is 14.4 Å². The Labute approximate surface area is 164 Å². The van der Waals surface area contributed by atoms with Crippen molar-refractivity contribution in [2.45, 2.75) is 45.7 Å². The van der Waals surface area contributed by atoms with E-state index >= 15 is 0 Å². The molecule has 1 aliphatic heterocycles. The molecule has 2 aliphatic carbocycles. The number of carbonyl (C=O) groups is 3. The van der Waals surface area contributed by atoms with Crippen molar-refractivity contribution < 1.29 is 23.9 Å². The van der Waals surface area contributed by atoms with E-state index in [0.717, 1.165) is 16.9 Å². The Kier molecular flexibility index (Phi) is 4.14. The lowest BCUT2D eigenvalue weighted by atomic mass is 9.58. The van der Waals surface area contributed by atoms with Crippen LogP contribution in [0.5, 0.6) is 5.75 Å². The Balaban J connectivity index is 1.80. The molecule has 0 bridgehead atoms. The zero-order chi connectivity index (χ0) is 20.3. The van der Waals surface area contributed by atoms with Gasteiger partial charge in [0.15, 0.2) is 11.2 Å². The first kappa shape index (κ1) is 18.7. The smallest absolute Gasteiger partial charge is 0.322 e. The molecule has 3 atom stereocenters. The van der Waals surface area contributed by atoms with Crippen molar-refractivity contribution in [3.05, 3.63) is 41.0 Å². The van der Waals surface area contributed by atoms with Gasteiger partial charge in [-0.05, 0) is 37.5 Å². The Morgan fingerprint density at radius 3 is 2.50 bits per heavy atom. The number of benzene rings is 1. The SMILES string of the molecule is COC(=O)[C@@]12CC(C)=C3C(=O)CC[C@@H](N(Cc4ccc(OC)cc4)C1=O)[C@]32C. The van der Waals surface area contributed by atoms with E-state index < -0.39 is 16.8 Å². The summed E-state index contributed by atoms with van der Waals surface area (Å²) in [4.78, 5) is 41.2. The molecule has 1 saturated heterocycles. The topological polar surface area (TPSA) is 72.9 Å². The number of ketones is 1. The lowest BCUT2D eigenvalue weighted by Crippen LogP contribution is -2.51. The molecule has 0 unspecified atom stereocenters. The Morgan fingerprint density at radius 2 is 1.89 bits per heavy atom. The molecule has 148 valence electrons. The average Bonchev–Trinajstić information content (AvgIpc) is 3.04. The van der Waals surface area contributed by atoms with Gasteiger partial charge in [-0.1, -0.05) is 24.6 Å². The monoisotopic (exact) mass is 383 g/mol. The maximum Gasteiger partial charge on any atom is 0.322 e. The van der Waals surface area contributed by atoms with Crippen LogP contribution in [0.2, 0.25) is 0 Å². The highest BCUT2D eigenvalue weighted by Gasteiger charge is 2.76. The summed E-state index contributed by atoms with van der Waals surface area (Å²) in [5, 5.41) is 0. The molecule has 1 saturated carbocycles. The first-order valence-corrected chi connectivity index (χ1v) is 9.57. The average molecular weight is 383 g/mol. The van der Waals surface area contributed by atoms with Crippen LogP contribution in [0.3, 0.4) is 0 Å². The molecule has 1 aromatic carbocycles. The molecule has 1 heterocycles. The molecule has 1 aromatic rings. The maximum atomic E-state index is 13.7. The molecule has 28 heavy (non-hydrogen) atoms. The third-order valence-corrected chi connectivity index (χ3v) is 7.00. The number of rotatable bonds is 4. The quantitative estimate of drug-likeness (QED) is 0.590. The summed E-state index contributed by atoms with van der Waals surface area (Å²) >= 11 is 0. The first-order chi connectivity index (χ1) is 13.3. The zero-order valence-electron chi connectivity index (χ0n) is 16.7. The molecule has 3 aliphatic rings. The van der Waals surface area contributed by atoms with Crippen LogP contribution in [0.4, 0.5) is 0 Å². The van der Waals surface area contributed by atoms with Crippen molar-refractivity contribution in [3.8, 4) is 5.75 Å². The van der Waals surface area contributed by atoms with Gasteiger partial charge in [0.05, 0.1) is 14.2 Å². The van der Waals surface area contributed by atoms with E-state index in [2.05, 4.69) is 0 Å². The van der Waals surface area contributed by atoms with Crippen molar-refractivity contribution in [2.75, 3.05) is 14.2 Å². The molecule has 6 nitrogen and oxygen atoms in total. The highest BCUT2D eigenvalue weighted by atomic mass is 16.5. The van der Waals surface area contributed by atoms with Crippen molar-refractivity contribution in [3.63, 3.8) is 0 Å². The number of amides is 1. The number of likely N-dealkylation sites (tertiary alicyclic amines) is 1. The minimum absolute atomic E-state index is 0.0566. The highest BCUT2D eigenvalue weighted by molar-refractivity contribution is 6.12. The van der Waals surface area contributed by atoms with Crippen LogP contribution in [0.15, 0.2) is 35.4 Å². The van der Waals surface area contributed by atoms with Crippen LogP contribution in [0, 0.1) is 10.8 Å². The van der Waals surface area contributed by atoms with Gasteiger partial charge in [-0.2, -0.15) is 0 Å². The molecular formula is C22H25NO5. The Hall–Kier alpha value is -2.63. The van der Waals surface area contributed by atoms with Crippen molar-refractivity contribution in [1.29, 1.82) is 0 Å². The van der Waals surface area contributed by atoms with E-state index in [1.165, 1.54) is 7.11 Å². The number of allylic oxidation sites excluding steroid dienone is 1. The van der Waals surface area contributed by atoms with Crippen LogP contribution < -0.4 is 4.74 Å².